The Bertz CT molecular complexity index is 376. The maximum atomic E-state index is 11.1. The molecule has 0 radical (unpaired) electrons. The van der Waals surface area contributed by atoms with Crippen molar-refractivity contribution in [2.75, 3.05) is 6.54 Å². The molecule has 0 saturated heterocycles. The van der Waals surface area contributed by atoms with Crippen molar-refractivity contribution in [2.24, 2.45) is 5.92 Å². The molecule has 2 heteroatoms. The molecule has 0 atom stereocenters. The monoisotopic (exact) mass is 231 g/mol. The summed E-state index contributed by atoms with van der Waals surface area (Å²) in [4.78, 5) is 11.1. The molecule has 0 aromatic heterocycles. The van der Waals surface area contributed by atoms with Crippen molar-refractivity contribution in [3.63, 3.8) is 0 Å². The van der Waals surface area contributed by atoms with Gasteiger partial charge in [0, 0.05) is 19.4 Å². The fourth-order valence-corrected chi connectivity index (χ4v) is 2.42. The average molecular weight is 231 g/mol. The number of hydrogen-bond acceptors (Lipinski definition) is 2. The molecule has 1 aliphatic rings. The second-order valence-corrected chi connectivity index (χ2v) is 5.04. The maximum Gasteiger partial charge on any atom is 0.132 e. The van der Waals surface area contributed by atoms with Crippen LogP contribution in [0.15, 0.2) is 24.3 Å². The summed E-state index contributed by atoms with van der Waals surface area (Å²) in [6.45, 7) is 4.13. The molecule has 1 saturated carbocycles. The van der Waals surface area contributed by atoms with Gasteiger partial charge in [-0.3, -0.25) is 4.79 Å². The van der Waals surface area contributed by atoms with Gasteiger partial charge in [-0.2, -0.15) is 0 Å². The Morgan fingerprint density at radius 2 is 1.94 bits per heavy atom. The fourth-order valence-electron chi connectivity index (χ4n) is 2.42. The zero-order valence-corrected chi connectivity index (χ0v) is 10.5. The van der Waals surface area contributed by atoms with Crippen LogP contribution in [-0.2, 0) is 11.3 Å². The Kier molecular flexibility index (Phi) is 4.32. The van der Waals surface area contributed by atoms with Crippen LogP contribution in [0.3, 0.4) is 0 Å². The first-order valence-corrected chi connectivity index (χ1v) is 6.52. The van der Waals surface area contributed by atoms with Crippen LogP contribution in [0.4, 0.5) is 0 Å². The molecule has 0 heterocycles. The highest BCUT2D eigenvalue weighted by Gasteiger charge is 2.17. The number of ketones is 1. The quantitative estimate of drug-likeness (QED) is 0.863. The molecule has 0 bridgehead atoms. The summed E-state index contributed by atoms with van der Waals surface area (Å²) in [5.74, 6) is 1.14. The number of benzene rings is 1. The predicted octanol–water partition coefficient (Wildman–Crippen LogP) is 2.84. The molecular weight excluding hydrogens is 210 g/mol. The molecule has 1 aliphatic carbocycles. The lowest BCUT2D eigenvalue weighted by Crippen LogP contribution is -2.26. The fraction of sp³-hybridized carbons (Fsp3) is 0.533. The summed E-state index contributed by atoms with van der Waals surface area (Å²) in [5, 5.41) is 3.52. The van der Waals surface area contributed by atoms with Gasteiger partial charge in [0.1, 0.15) is 5.78 Å². The number of carbonyl (C=O) groups excluding carboxylic acids is 1. The molecule has 1 aromatic rings. The highest BCUT2D eigenvalue weighted by Crippen LogP contribution is 2.20. The van der Waals surface area contributed by atoms with Crippen LogP contribution in [0, 0.1) is 12.8 Å². The van der Waals surface area contributed by atoms with Crippen LogP contribution in [0.2, 0.25) is 0 Å². The first-order chi connectivity index (χ1) is 8.25. The van der Waals surface area contributed by atoms with Gasteiger partial charge in [-0.05, 0) is 43.4 Å². The van der Waals surface area contributed by atoms with E-state index in [-0.39, 0.29) is 0 Å². The van der Waals surface area contributed by atoms with E-state index in [1.807, 2.05) is 0 Å². The van der Waals surface area contributed by atoms with Crippen LogP contribution in [-0.4, -0.2) is 12.3 Å². The average Bonchev–Trinajstić information content (AvgIpc) is 2.34. The minimum atomic E-state index is 0.445. The molecule has 0 aliphatic heterocycles. The molecule has 17 heavy (non-hydrogen) atoms. The van der Waals surface area contributed by atoms with E-state index < -0.39 is 0 Å². The van der Waals surface area contributed by atoms with Gasteiger partial charge in [-0.15, -0.1) is 0 Å². The van der Waals surface area contributed by atoms with Crippen LogP contribution in [0.5, 0.6) is 0 Å². The second kappa shape index (κ2) is 5.97. The SMILES string of the molecule is Cc1ccccc1CNCC1CCC(=O)CC1. The summed E-state index contributed by atoms with van der Waals surface area (Å²) in [5.41, 5.74) is 2.72. The van der Waals surface area contributed by atoms with Gasteiger partial charge in [0.15, 0.2) is 0 Å². The first-order valence-electron chi connectivity index (χ1n) is 6.52. The van der Waals surface area contributed by atoms with E-state index >= 15 is 0 Å². The lowest BCUT2D eigenvalue weighted by atomic mass is 9.88. The molecule has 1 aromatic carbocycles. The van der Waals surface area contributed by atoms with E-state index in [9.17, 15) is 4.79 Å². The van der Waals surface area contributed by atoms with Crippen LogP contribution >= 0.6 is 0 Å². The lowest BCUT2D eigenvalue weighted by molar-refractivity contribution is -0.120. The number of carbonyl (C=O) groups is 1. The smallest absolute Gasteiger partial charge is 0.132 e. The zero-order valence-electron chi connectivity index (χ0n) is 10.5. The largest absolute Gasteiger partial charge is 0.312 e. The Hall–Kier alpha value is -1.15. The number of rotatable bonds is 4. The number of nitrogens with one attached hydrogen (secondary N) is 1. The van der Waals surface area contributed by atoms with Crippen molar-refractivity contribution in [1.29, 1.82) is 0 Å². The topological polar surface area (TPSA) is 29.1 Å². The summed E-state index contributed by atoms with van der Waals surface area (Å²) >= 11 is 0. The van der Waals surface area contributed by atoms with Crippen LogP contribution in [0.25, 0.3) is 0 Å². The molecule has 0 spiro atoms. The van der Waals surface area contributed by atoms with Crippen LogP contribution in [0.1, 0.15) is 36.8 Å². The highest BCUT2D eigenvalue weighted by molar-refractivity contribution is 5.79. The van der Waals surface area contributed by atoms with Gasteiger partial charge in [-0.25, -0.2) is 0 Å². The lowest BCUT2D eigenvalue weighted by Gasteiger charge is -2.21. The third-order valence-corrected chi connectivity index (χ3v) is 3.67. The molecule has 1 fully saturated rings. The first kappa shape index (κ1) is 12.3. The third-order valence-electron chi connectivity index (χ3n) is 3.67. The zero-order chi connectivity index (χ0) is 12.1. The molecule has 0 amide bonds. The Balaban J connectivity index is 1.73. The Labute approximate surface area is 103 Å². The Morgan fingerprint density at radius 3 is 2.65 bits per heavy atom. The minimum absolute atomic E-state index is 0.445. The van der Waals surface area contributed by atoms with Gasteiger partial charge >= 0.3 is 0 Å². The van der Waals surface area contributed by atoms with Gasteiger partial charge in [-0.1, -0.05) is 24.3 Å². The minimum Gasteiger partial charge on any atom is -0.312 e. The third kappa shape index (κ3) is 3.67. The molecule has 92 valence electrons. The molecule has 1 N–H and O–H groups in total. The van der Waals surface area contributed by atoms with E-state index in [1.165, 1.54) is 11.1 Å². The van der Waals surface area contributed by atoms with Gasteiger partial charge in [0.2, 0.25) is 0 Å². The van der Waals surface area contributed by atoms with Crippen molar-refractivity contribution in [3.8, 4) is 0 Å². The molecule has 0 unspecified atom stereocenters. The summed E-state index contributed by atoms with van der Waals surface area (Å²) in [6, 6.07) is 8.48. The van der Waals surface area contributed by atoms with Gasteiger partial charge in [0.05, 0.1) is 0 Å². The standard InChI is InChI=1S/C15H21NO/c1-12-4-2-3-5-14(12)11-16-10-13-6-8-15(17)9-7-13/h2-5,13,16H,6-11H2,1H3. The van der Waals surface area contributed by atoms with Crippen molar-refractivity contribution in [3.05, 3.63) is 35.4 Å². The number of aryl methyl sites for hydroxylation is 1. The predicted molar refractivity (Wildman–Crippen MR) is 69.9 cm³/mol. The Morgan fingerprint density at radius 1 is 1.24 bits per heavy atom. The summed E-state index contributed by atoms with van der Waals surface area (Å²) in [7, 11) is 0. The van der Waals surface area contributed by atoms with E-state index in [0.29, 0.717) is 11.7 Å². The van der Waals surface area contributed by atoms with Crippen LogP contribution < -0.4 is 5.32 Å². The van der Waals surface area contributed by atoms with E-state index in [0.717, 1.165) is 38.8 Å². The maximum absolute atomic E-state index is 11.1. The highest BCUT2D eigenvalue weighted by atomic mass is 16.1. The van der Waals surface area contributed by atoms with Crippen molar-refractivity contribution < 1.29 is 4.79 Å². The van der Waals surface area contributed by atoms with E-state index in [4.69, 9.17) is 0 Å². The van der Waals surface area contributed by atoms with Crippen molar-refractivity contribution in [1.82, 2.24) is 5.32 Å². The van der Waals surface area contributed by atoms with Crippen molar-refractivity contribution >= 4 is 5.78 Å². The molecule has 2 nitrogen and oxygen atoms in total. The summed E-state index contributed by atoms with van der Waals surface area (Å²) in [6.07, 6.45) is 3.71. The number of hydrogen-bond donors (Lipinski definition) is 1. The van der Waals surface area contributed by atoms with E-state index in [1.54, 1.807) is 0 Å². The molecular formula is C15H21NO. The second-order valence-electron chi connectivity index (χ2n) is 5.04. The number of Topliss-reactive ketones (excluding diaryl/α,β-unsaturated/α-hetero) is 1. The van der Waals surface area contributed by atoms with E-state index in [2.05, 4.69) is 36.5 Å². The van der Waals surface area contributed by atoms with Gasteiger partial charge in [0.25, 0.3) is 0 Å². The molecule has 2 rings (SSSR count). The summed E-state index contributed by atoms with van der Waals surface area (Å²) < 4.78 is 0. The normalized spacial score (nSPS) is 17.4. The van der Waals surface area contributed by atoms with Crippen molar-refractivity contribution in [2.45, 2.75) is 39.2 Å². The van der Waals surface area contributed by atoms with Gasteiger partial charge < -0.3 is 5.32 Å².